The van der Waals surface area contributed by atoms with E-state index >= 15 is 0 Å². The van der Waals surface area contributed by atoms with Gasteiger partial charge in [-0.3, -0.25) is 9.36 Å². The summed E-state index contributed by atoms with van der Waals surface area (Å²) in [4.78, 5) is 35.5. The normalized spacial score (nSPS) is 10.8. The number of esters is 1. The summed E-state index contributed by atoms with van der Waals surface area (Å²) in [5.41, 5.74) is 0.0314. The number of para-hydroxylation sites is 2. The highest BCUT2D eigenvalue weighted by atomic mass is 19.1. The average molecular weight is 376 g/mol. The van der Waals surface area contributed by atoms with Crippen molar-refractivity contribution in [3.8, 4) is 0 Å². The third-order valence-electron chi connectivity index (χ3n) is 3.87. The number of aromatic nitrogens is 1. The quantitative estimate of drug-likeness (QED) is 0.692. The number of carbonyl (C=O) groups is 2. The zero-order valence-electron chi connectivity index (χ0n) is 14.1. The first kappa shape index (κ1) is 18.3. The number of fused-ring (bicyclic) bond motifs is 1. The Balaban J connectivity index is 1.75. The van der Waals surface area contributed by atoms with Crippen LogP contribution in [-0.4, -0.2) is 23.6 Å². The Kier molecular flexibility index (Phi) is 5.02. The first-order valence-electron chi connectivity index (χ1n) is 7.86. The van der Waals surface area contributed by atoms with E-state index in [1.165, 1.54) is 4.57 Å². The van der Waals surface area contributed by atoms with Crippen molar-refractivity contribution in [1.29, 1.82) is 0 Å². The number of hydrogen-bond acceptors (Lipinski definition) is 5. The van der Waals surface area contributed by atoms with Gasteiger partial charge < -0.3 is 14.5 Å². The number of benzene rings is 2. The van der Waals surface area contributed by atoms with Gasteiger partial charge in [0.25, 0.3) is 0 Å². The van der Waals surface area contributed by atoms with Gasteiger partial charge >= 0.3 is 11.7 Å². The van der Waals surface area contributed by atoms with Crippen molar-refractivity contribution in [3.63, 3.8) is 0 Å². The predicted octanol–water partition coefficient (Wildman–Crippen LogP) is 2.69. The van der Waals surface area contributed by atoms with Crippen LogP contribution >= 0.6 is 0 Å². The van der Waals surface area contributed by atoms with Crippen LogP contribution in [0.3, 0.4) is 0 Å². The topological polar surface area (TPSA) is 90.5 Å². The van der Waals surface area contributed by atoms with Gasteiger partial charge in [-0.1, -0.05) is 12.1 Å². The highest BCUT2D eigenvalue weighted by molar-refractivity contribution is 5.94. The van der Waals surface area contributed by atoms with Gasteiger partial charge in [-0.15, -0.1) is 0 Å². The smallest absolute Gasteiger partial charge is 0.419 e. The maximum atomic E-state index is 13.9. The summed E-state index contributed by atoms with van der Waals surface area (Å²) in [5, 5.41) is 2.25. The van der Waals surface area contributed by atoms with Crippen molar-refractivity contribution < 1.29 is 27.5 Å². The molecule has 27 heavy (non-hydrogen) atoms. The lowest BCUT2D eigenvalue weighted by atomic mass is 10.1. The van der Waals surface area contributed by atoms with Gasteiger partial charge in [-0.2, -0.15) is 0 Å². The van der Waals surface area contributed by atoms with Gasteiger partial charge in [-0.25, -0.2) is 18.4 Å². The molecule has 0 bridgehead atoms. The highest BCUT2D eigenvalue weighted by Crippen LogP contribution is 2.21. The lowest BCUT2D eigenvalue weighted by molar-refractivity contribution is -0.116. The molecule has 140 valence electrons. The number of oxazole rings is 1. The average Bonchev–Trinajstić information content (AvgIpc) is 2.96. The van der Waals surface area contributed by atoms with E-state index in [9.17, 15) is 23.2 Å². The predicted molar refractivity (Wildman–Crippen MR) is 91.4 cm³/mol. The van der Waals surface area contributed by atoms with Crippen molar-refractivity contribution in [2.75, 3.05) is 12.4 Å². The van der Waals surface area contributed by atoms with Gasteiger partial charge in [0.05, 0.1) is 23.9 Å². The fourth-order valence-electron chi connectivity index (χ4n) is 2.56. The number of anilines is 1. The number of hydrogen-bond donors (Lipinski definition) is 1. The molecule has 0 atom stereocenters. The molecule has 7 nitrogen and oxygen atoms in total. The van der Waals surface area contributed by atoms with Crippen LogP contribution in [0.2, 0.25) is 0 Å². The molecular formula is C18H14F2N2O5. The second-order valence-electron chi connectivity index (χ2n) is 5.59. The van der Waals surface area contributed by atoms with Crippen LogP contribution in [0.1, 0.15) is 16.8 Å². The molecule has 3 aromatic rings. The number of carbonyl (C=O) groups excluding carboxylic acids is 2. The molecule has 0 saturated carbocycles. The lowest BCUT2D eigenvalue weighted by Crippen LogP contribution is -2.20. The lowest BCUT2D eigenvalue weighted by Gasteiger charge is -2.09. The van der Waals surface area contributed by atoms with E-state index in [0.29, 0.717) is 17.2 Å². The summed E-state index contributed by atoms with van der Waals surface area (Å²) < 4.78 is 38.2. The summed E-state index contributed by atoms with van der Waals surface area (Å²) in [6, 6.07) is 8.05. The molecule has 1 heterocycles. The zero-order chi connectivity index (χ0) is 19.6. The first-order valence-corrected chi connectivity index (χ1v) is 7.86. The van der Waals surface area contributed by atoms with Gasteiger partial charge in [0.2, 0.25) is 5.91 Å². The summed E-state index contributed by atoms with van der Waals surface area (Å²) in [7, 11) is 1.05. The Bertz CT molecular complexity index is 1090. The summed E-state index contributed by atoms with van der Waals surface area (Å²) in [6.45, 7) is -0.00560. The Morgan fingerprint density at radius 3 is 2.67 bits per heavy atom. The van der Waals surface area contributed by atoms with Crippen molar-refractivity contribution in [3.05, 3.63) is 64.1 Å². The number of ether oxygens (including phenoxy) is 1. The Morgan fingerprint density at radius 2 is 1.93 bits per heavy atom. The summed E-state index contributed by atoms with van der Waals surface area (Å²) in [5.74, 6) is -4.40. The number of nitrogens with zero attached hydrogens (tertiary/aromatic N) is 1. The van der Waals surface area contributed by atoms with Crippen LogP contribution in [0.15, 0.2) is 45.6 Å². The number of aryl methyl sites for hydroxylation is 1. The van der Waals surface area contributed by atoms with Gasteiger partial charge in [0, 0.05) is 19.0 Å². The fraction of sp³-hybridized carbons (Fsp3) is 0.167. The molecule has 3 rings (SSSR count). The second kappa shape index (κ2) is 7.40. The van der Waals surface area contributed by atoms with Crippen molar-refractivity contribution >= 4 is 28.7 Å². The molecule has 0 radical (unpaired) electrons. The minimum Gasteiger partial charge on any atom is -0.465 e. The number of nitrogens with one attached hydrogen (secondary N) is 1. The van der Waals surface area contributed by atoms with Crippen molar-refractivity contribution in [2.45, 2.75) is 13.0 Å². The molecule has 1 N–H and O–H groups in total. The molecule has 0 spiro atoms. The number of methoxy groups -OCH3 is 1. The van der Waals surface area contributed by atoms with E-state index in [4.69, 9.17) is 4.42 Å². The van der Waals surface area contributed by atoms with Gasteiger partial charge in [0.1, 0.15) is 11.6 Å². The molecule has 0 fully saturated rings. The minimum atomic E-state index is -1.10. The van der Waals surface area contributed by atoms with Crippen LogP contribution in [0.4, 0.5) is 14.5 Å². The van der Waals surface area contributed by atoms with Crippen molar-refractivity contribution in [1.82, 2.24) is 4.57 Å². The molecule has 9 heteroatoms. The first-order chi connectivity index (χ1) is 12.9. The summed E-state index contributed by atoms with van der Waals surface area (Å²) >= 11 is 0. The monoisotopic (exact) mass is 376 g/mol. The maximum absolute atomic E-state index is 13.9. The molecule has 2 aromatic carbocycles. The Hall–Kier alpha value is -3.49. The largest absolute Gasteiger partial charge is 0.465 e. The molecule has 0 aliphatic carbocycles. The van der Waals surface area contributed by atoms with Crippen LogP contribution < -0.4 is 11.1 Å². The van der Waals surface area contributed by atoms with E-state index in [1.807, 2.05) is 0 Å². The summed E-state index contributed by atoms with van der Waals surface area (Å²) in [6.07, 6.45) is -0.173. The molecule has 1 amide bonds. The molecule has 0 aliphatic heterocycles. The molecule has 0 unspecified atom stereocenters. The van der Waals surface area contributed by atoms with E-state index in [2.05, 4.69) is 10.1 Å². The van der Waals surface area contributed by atoms with Crippen LogP contribution in [0.5, 0.6) is 0 Å². The molecular weight excluding hydrogens is 362 g/mol. The van der Waals surface area contributed by atoms with Crippen LogP contribution in [0, 0.1) is 11.6 Å². The van der Waals surface area contributed by atoms with Crippen LogP contribution in [-0.2, 0) is 16.1 Å². The van der Waals surface area contributed by atoms with E-state index in [-0.39, 0.29) is 18.7 Å². The standard InChI is InChI=1S/C18H14F2N2O5/c1-26-17(24)10-8-13(12(20)9-11(10)19)21-16(23)6-7-22-14-4-2-3-5-15(14)27-18(22)25/h2-5,8-9H,6-7H2,1H3,(H,21,23). The van der Waals surface area contributed by atoms with E-state index in [0.717, 1.165) is 13.2 Å². The molecule has 0 aliphatic rings. The van der Waals surface area contributed by atoms with E-state index in [1.54, 1.807) is 24.3 Å². The fourth-order valence-corrected chi connectivity index (χ4v) is 2.56. The van der Waals surface area contributed by atoms with E-state index < -0.39 is 34.8 Å². The van der Waals surface area contributed by atoms with Crippen LogP contribution in [0.25, 0.3) is 11.1 Å². The number of rotatable bonds is 5. The van der Waals surface area contributed by atoms with Gasteiger partial charge in [-0.05, 0) is 18.2 Å². The Morgan fingerprint density at radius 1 is 1.19 bits per heavy atom. The van der Waals surface area contributed by atoms with Crippen molar-refractivity contribution in [2.24, 2.45) is 0 Å². The SMILES string of the molecule is COC(=O)c1cc(NC(=O)CCn2c(=O)oc3ccccc32)c(F)cc1F. The second-order valence-corrected chi connectivity index (χ2v) is 5.59. The third kappa shape index (κ3) is 3.71. The number of amides is 1. The Labute approximate surface area is 151 Å². The number of halogens is 2. The third-order valence-corrected chi connectivity index (χ3v) is 3.87. The van der Waals surface area contributed by atoms with Gasteiger partial charge in [0.15, 0.2) is 5.58 Å². The zero-order valence-corrected chi connectivity index (χ0v) is 14.1. The molecule has 0 saturated heterocycles. The molecule has 1 aromatic heterocycles. The minimum absolute atomic E-state index is 0.00560. The highest BCUT2D eigenvalue weighted by Gasteiger charge is 2.18. The maximum Gasteiger partial charge on any atom is 0.419 e.